The van der Waals surface area contributed by atoms with Crippen molar-refractivity contribution in [2.24, 2.45) is 0 Å². The molecule has 0 bridgehead atoms. The van der Waals surface area contributed by atoms with Gasteiger partial charge in [-0.3, -0.25) is 4.79 Å². The van der Waals surface area contributed by atoms with E-state index in [1.807, 2.05) is 0 Å². The smallest absolute Gasteiger partial charge is 0.309 e. The normalized spacial score (nSPS) is 10.6. The highest BCUT2D eigenvalue weighted by atomic mass is 35.5. The molecule has 0 saturated carbocycles. The minimum absolute atomic E-state index is 0.165. The van der Waals surface area contributed by atoms with Gasteiger partial charge in [-0.1, -0.05) is 24.3 Å². The van der Waals surface area contributed by atoms with Gasteiger partial charge in [0.1, 0.15) is 11.3 Å². The number of halogens is 1. The standard InChI is InChI=1S/C15H16ClNO4/c1-4-10-12(20-7-6-13(18)19-5-2)8-11-15(14(10)16)21-9(3)17-11/h4,8H,1,5-7H2,2-3H3. The molecule has 21 heavy (non-hydrogen) atoms. The van der Waals surface area contributed by atoms with E-state index in [1.165, 1.54) is 0 Å². The largest absolute Gasteiger partial charge is 0.492 e. The number of rotatable bonds is 6. The molecule has 0 amide bonds. The minimum Gasteiger partial charge on any atom is -0.492 e. The van der Waals surface area contributed by atoms with Crippen molar-refractivity contribution in [1.82, 2.24) is 4.98 Å². The van der Waals surface area contributed by atoms with Crippen LogP contribution in [0.3, 0.4) is 0 Å². The van der Waals surface area contributed by atoms with Gasteiger partial charge >= 0.3 is 5.97 Å². The Hall–Kier alpha value is -2.01. The first kappa shape index (κ1) is 15.4. The van der Waals surface area contributed by atoms with Crippen LogP contribution >= 0.6 is 11.6 Å². The molecule has 1 heterocycles. The van der Waals surface area contributed by atoms with Crippen molar-refractivity contribution in [3.8, 4) is 5.75 Å². The molecule has 2 aromatic rings. The average Bonchev–Trinajstić information content (AvgIpc) is 2.80. The second kappa shape index (κ2) is 6.63. The van der Waals surface area contributed by atoms with E-state index in [0.717, 1.165) is 0 Å². The van der Waals surface area contributed by atoms with Gasteiger partial charge < -0.3 is 13.9 Å². The second-order valence-corrected chi connectivity index (χ2v) is 4.67. The Kier molecular flexibility index (Phi) is 4.85. The topological polar surface area (TPSA) is 61.6 Å². The molecular formula is C15H16ClNO4. The number of hydrogen-bond acceptors (Lipinski definition) is 5. The number of oxazole rings is 1. The maximum atomic E-state index is 11.3. The zero-order chi connectivity index (χ0) is 15.4. The van der Waals surface area contributed by atoms with Crippen LogP contribution in [-0.4, -0.2) is 24.2 Å². The van der Waals surface area contributed by atoms with Crippen LogP contribution in [0.25, 0.3) is 17.2 Å². The van der Waals surface area contributed by atoms with Crippen molar-refractivity contribution in [2.45, 2.75) is 20.3 Å². The monoisotopic (exact) mass is 309 g/mol. The van der Waals surface area contributed by atoms with Gasteiger partial charge in [-0.05, 0) is 6.92 Å². The van der Waals surface area contributed by atoms with Gasteiger partial charge in [-0.2, -0.15) is 0 Å². The summed E-state index contributed by atoms with van der Waals surface area (Å²) in [5, 5.41) is 0.397. The van der Waals surface area contributed by atoms with Crippen molar-refractivity contribution in [3.05, 3.63) is 29.1 Å². The third-order valence-corrected chi connectivity index (χ3v) is 3.18. The number of carbonyl (C=O) groups is 1. The first-order chi connectivity index (χ1) is 10.1. The van der Waals surface area contributed by atoms with Crippen LogP contribution in [0.15, 0.2) is 17.1 Å². The van der Waals surface area contributed by atoms with Crippen LogP contribution in [0.4, 0.5) is 0 Å². The zero-order valence-electron chi connectivity index (χ0n) is 11.9. The number of hydrogen-bond donors (Lipinski definition) is 0. The molecule has 0 aliphatic heterocycles. The number of esters is 1. The number of aromatic nitrogens is 1. The van der Waals surface area contributed by atoms with Crippen LogP contribution in [0.1, 0.15) is 24.8 Å². The van der Waals surface area contributed by atoms with E-state index in [2.05, 4.69) is 11.6 Å². The molecule has 0 radical (unpaired) electrons. The lowest BCUT2D eigenvalue weighted by atomic mass is 10.1. The Labute approximate surface area is 127 Å². The summed E-state index contributed by atoms with van der Waals surface area (Å²) in [6.45, 7) is 7.77. The van der Waals surface area contributed by atoms with Crippen LogP contribution in [0.5, 0.6) is 5.75 Å². The fraction of sp³-hybridized carbons (Fsp3) is 0.333. The first-order valence-corrected chi connectivity index (χ1v) is 6.95. The predicted octanol–water partition coefficient (Wildman–Crippen LogP) is 3.76. The molecule has 1 aromatic carbocycles. The Morgan fingerprint density at radius 3 is 3.00 bits per heavy atom. The van der Waals surface area contributed by atoms with E-state index in [0.29, 0.717) is 39.9 Å². The molecule has 5 nitrogen and oxygen atoms in total. The number of ether oxygens (including phenoxy) is 2. The zero-order valence-corrected chi connectivity index (χ0v) is 12.7. The lowest BCUT2D eigenvalue weighted by molar-refractivity contribution is -0.143. The molecule has 0 N–H and O–H groups in total. The number of benzene rings is 1. The molecule has 2 rings (SSSR count). The minimum atomic E-state index is -0.304. The van der Waals surface area contributed by atoms with E-state index in [9.17, 15) is 4.79 Å². The molecule has 0 atom stereocenters. The van der Waals surface area contributed by atoms with E-state index >= 15 is 0 Å². The lowest BCUT2D eigenvalue weighted by Crippen LogP contribution is -2.10. The lowest BCUT2D eigenvalue weighted by Gasteiger charge is -2.10. The third-order valence-electron chi connectivity index (χ3n) is 2.80. The number of aryl methyl sites for hydroxylation is 1. The van der Waals surface area contributed by atoms with Crippen molar-refractivity contribution < 1.29 is 18.7 Å². The number of carbonyl (C=O) groups excluding carboxylic acids is 1. The Bertz CT molecular complexity index is 678. The number of fused-ring (bicyclic) bond motifs is 1. The van der Waals surface area contributed by atoms with Gasteiger partial charge in [-0.15, -0.1) is 0 Å². The Balaban J connectivity index is 2.22. The molecule has 0 unspecified atom stereocenters. The van der Waals surface area contributed by atoms with Crippen LogP contribution < -0.4 is 4.74 Å². The molecule has 0 saturated heterocycles. The van der Waals surface area contributed by atoms with Crippen molar-refractivity contribution in [3.63, 3.8) is 0 Å². The molecule has 112 valence electrons. The van der Waals surface area contributed by atoms with Gasteiger partial charge in [0.05, 0.1) is 24.7 Å². The van der Waals surface area contributed by atoms with Crippen LogP contribution in [-0.2, 0) is 9.53 Å². The summed E-state index contributed by atoms with van der Waals surface area (Å²) in [5.41, 5.74) is 1.72. The molecular weight excluding hydrogens is 294 g/mol. The second-order valence-electron chi connectivity index (χ2n) is 4.29. The van der Waals surface area contributed by atoms with Gasteiger partial charge in [0.2, 0.25) is 0 Å². The maximum Gasteiger partial charge on any atom is 0.309 e. The molecule has 0 aliphatic carbocycles. The van der Waals surface area contributed by atoms with Crippen LogP contribution in [0.2, 0.25) is 5.02 Å². The summed E-state index contributed by atoms with van der Waals surface area (Å²) < 4.78 is 15.9. The summed E-state index contributed by atoms with van der Waals surface area (Å²) in [6.07, 6.45) is 1.75. The molecule has 0 aliphatic rings. The maximum absolute atomic E-state index is 11.3. The highest BCUT2D eigenvalue weighted by Gasteiger charge is 2.16. The van der Waals surface area contributed by atoms with E-state index in [4.69, 9.17) is 25.5 Å². The van der Waals surface area contributed by atoms with Gasteiger partial charge in [-0.25, -0.2) is 4.98 Å². The van der Waals surface area contributed by atoms with Crippen molar-refractivity contribution >= 4 is 34.7 Å². The molecule has 0 spiro atoms. The fourth-order valence-electron chi connectivity index (χ4n) is 1.92. The SMILES string of the molecule is C=Cc1c(OCCC(=O)OCC)cc2nc(C)oc2c1Cl. The Morgan fingerprint density at radius 1 is 1.57 bits per heavy atom. The van der Waals surface area contributed by atoms with Gasteiger partial charge in [0.25, 0.3) is 0 Å². The van der Waals surface area contributed by atoms with Crippen molar-refractivity contribution in [2.75, 3.05) is 13.2 Å². The van der Waals surface area contributed by atoms with Gasteiger partial charge in [0, 0.05) is 18.6 Å². The average molecular weight is 310 g/mol. The number of nitrogens with zero attached hydrogens (tertiary/aromatic N) is 1. The summed E-state index contributed by atoms with van der Waals surface area (Å²) in [7, 11) is 0. The summed E-state index contributed by atoms with van der Waals surface area (Å²) in [5.74, 6) is 0.729. The highest BCUT2D eigenvalue weighted by molar-refractivity contribution is 6.36. The van der Waals surface area contributed by atoms with Crippen molar-refractivity contribution in [1.29, 1.82) is 0 Å². The summed E-state index contributed by atoms with van der Waals surface area (Å²) >= 11 is 6.27. The summed E-state index contributed by atoms with van der Waals surface area (Å²) in [4.78, 5) is 15.5. The van der Waals surface area contributed by atoms with E-state index in [1.54, 1.807) is 26.0 Å². The highest BCUT2D eigenvalue weighted by Crippen LogP contribution is 2.35. The Morgan fingerprint density at radius 2 is 2.33 bits per heavy atom. The fourth-order valence-corrected chi connectivity index (χ4v) is 2.22. The predicted molar refractivity (Wildman–Crippen MR) is 80.6 cm³/mol. The van der Waals surface area contributed by atoms with Crippen LogP contribution in [0, 0.1) is 6.92 Å². The first-order valence-electron chi connectivity index (χ1n) is 6.57. The van der Waals surface area contributed by atoms with Gasteiger partial charge in [0.15, 0.2) is 11.5 Å². The quantitative estimate of drug-likeness (QED) is 0.760. The van der Waals surface area contributed by atoms with E-state index in [-0.39, 0.29) is 19.0 Å². The third kappa shape index (κ3) is 3.36. The van der Waals surface area contributed by atoms with E-state index < -0.39 is 0 Å². The molecule has 0 fully saturated rings. The molecule has 6 heteroatoms. The summed E-state index contributed by atoms with van der Waals surface area (Å²) in [6, 6.07) is 1.72. The molecule has 1 aromatic heterocycles.